The maximum absolute atomic E-state index is 13.8. The molecule has 0 fully saturated rings. The van der Waals surface area contributed by atoms with Gasteiger partial charge in [0.2, 0.25) is 0 Å². The van der Waals surface area contributed by atoms with E-state index in [-0.39, 0.29) is 5.82 Å². The van der Waals surface area contributed by atoms with Gasteiger partial charge < -0.3 is 22.8 Å². The minimum absolute atomic E-state index is 0.388. The van der Waals surface area contributed by atoms with Gasteiger partial charge in [-0.15, -0.1) is 0 Å². The van der Waals surface area contributed by atoms with Crippen LogP contribution in [-0.4, -0.2) is 28.6 Å². The van der Waals surface area contributed by atoms with E-state index in [9.17, 15) is 4.39 Å². The standard InChI is InChI=1S/C15H21FO5Si/c1-4-19-22(20-5-2,21-6-3)14-11-12(16)7-8-13(14)15-17-9-10-18-15/h7-11,15H,4-6H2,1-3H3. The van der Waals surface area contributed by atoms with Crippen LogP contribution in [-0.2, 0) is 22.8 Å². The molecule has 1 aliphatic heterocycles. The van der Waals surface area contributed by atoms with E-state index in [0.29, 0.717) is 30.6 Å². The van der Waals surface area contributed by atoms with E-state index in [1.807, 2.05) is 20.8 Å². The van der Waals surface area contributed by atoms with Gasteiger partial charge in [0.15, 0.2) is 0 Å². The summed E-state index contributed by atoms with van der Waals surface area (Å²) in [5, 5.41) is 0.534. The first-order valence-electron chi connectivity index (χ1n) is 7.34. The number of rotatable bonds is 8. The van der Waals surface area contributed by atoms with Gasteiger partial charge in [0.05, 0.1) is 0 Å². The highest BCUT2D eigenvalue weighted by molar-refractivity contribution is 6.75. The third-order valence-corrected chi connectivity index (χ3v) is 6.16. The summed E-state index contributed by atoms with van der Waals surface area (Å²) in [6.45, 7) is 6.74. The van der Waals surface area contributed by atoms with Gasteiger partial charge in [-0.1, -0.05) is 0 Å². The molecule has 0 N–H and O–H groups in total. The fourth-order valence-electron chi connectivity index (χ4n) is 2.31. The van der Waals surface area contributed by atoms with Crippen LogP contribution in [0.25, 0.3) is 0 Å². The highest BCUT2D eigenvalue weighted by Crippen LogP contribution is 2.26. The fourth-order valence-corrected chi connectivity index (χ4v) is 5.04. The lowest BCUT2D eigenvalue weighted by Gasteiger charge is -2.30. The van der Waals surface area contributed by atoms with Crippen LogP contribution in [0.5, 0.6) is 0 Å². The van der Waals surface area contributed by atoms with E-state index in [4.69, 9.17) is 22.8 Å². The summed E-state index contributed by atoms with van der Waals surface area (Å²) < 4.78 is 42.1. The molecule has 0 atom stereocenters. The molecule has 7 heteroatoms. The summed E-state index contributed by atoms with van der Waals surface area (Å²) in [7, 11) is -3.24. The molecule has 0 spiro atoms. The van der Waals surface area contributed by atoms with Crippen molar-refractivity contribution < 1.29 is 27.1 Å². The van der Waals surface area contributed by atoms with Crippen LogP contribution < -0.4 is 5.19 Å². The van der Waals surface area contributed by atoms with Gasteiger partial charge in [0.25, 0.3) is 6.29 Å². The Morgan fingerprint density at radius 2 is 1.55 bits per heavy atom. The van der Waals surface area contributed by atoms with Crippen LogP contribution in [0.2, 0.25) is 0 Å². The molecule has 0 amide bonds. The van der Waals surface area contributed by atoms with Crippen molar-refractivity contribution in [2.75, 3.05) is 19.8 Å². The molecule has 2 rings (SSSR count). The Balaban J connectivity index is 2.50. The predicted molar refractivity (Wildman–Crippen MR) is 80.7 cm³/mol. The highest BCUT2D eigenvalue weighted by atomic mass is 28.4. The molecule has 5 nitrogen and oxygen atoms in total. The summed E-state index contributed by atoms with van der Waals surface area (Å²) in [6.07, 6.45) is 2.25. The average molecular weight is 328 g/mol. The van der Waals surface area contributed by atoms with Gasteiger partial charge in [-0.2, -0.15) is 0 Å². The minimum atomic E-state index is -3.24. The van der Waals surface area contributed by atoms with E-state index in [0.717, 1.165) is 0 Å². The molecule has 1 aromatic carbocycles. The first-order chi connectivity index (χ1) is 10.7. The first kappa shape index (κ1) is 16.9. The van der Waals surface area contributed by atoms with E-state index in [1.165, 1.54) is 24.7 Å². The topological polar surface area (TPSA) is 46.2 Å². The van der Waals surface area contributed by atoms with Crippen molar-refractivity contribution in [3.05, 3.63) is 42.1 Å². The van der Waals surface area contributed by atoms with Crippen LogP contribution in [0.3, 0.4) is 0 Å². The zero-order valence-electron chi connectivity index (χ0n) is 13.0. The lowest BCUT2D eigenvalue weighted by atomic mass is 10.2. The van der Waals surface area contributed by atoms with Crippen molar-refractivity contribution in [3.63, 3.8) is 0 Å². The summed E-state index contributed by atoms with van der Waals surface area (Å²) in [5.41, 5.74) is 0.647. The van der Waals surface area contributed by atoms with Crippen LogP contribution in [0.4, 0.5) is 4.39 Å². The van der Waals surface area contributed by atoms with Crippen molar-refractivity contribution in [3.8, 4) is 0 Å². The van der Waals surface area contributed by atoms with Crippen molar-refractivity contribution >= 4 is 14.0 Å². The van der Waals surface area contributed by atoms with Gasteiger partial charge in [-0.3, -0.25) is 0 Å². The maximum atomic E-state index is 13.8. The second-order valence-corrected chi connectivity index (χ2v) is 6.98. The third kappa shape index (κ3) is 3.49. The Labute approximate surface area is 131 Å². The fraction of sp³-hybridized carbons (Fsp3) is 0.467. The Morgan fingerprint density at radius 3 is 2.05 bits per heavy atom. The molecule has 0 bridgehead atoms. The molecule has 1 aromatic rings. The van der Waals surface area contributed by atoms with E-state index in [2.05, 4.69) is 0 Å². The molecular weight excluding hydrogens is 307 g/mol. The van der Waals surface area contributed by atoms with Gasteiger partial charge in [-0.25, -0.2) is 4.39 Å². The molecule has 0 saturated carbocycles. The lowest BCUT2D eigenvalue weighted by molar-refractivity contribution is -0.0247. The van der Waals surface area contributed by atoms with Crippen LogP contribution in [0.1, 0.15) is 32.6 Å². The largest absolute Gasteiger partial charge is 0.537 e. The number of hydrogen-bond acceptors (Lipinski definition) is 5. The highest BCUT2D eigenvalue weighted by Gasteiger charge is 2.47. The summed E-state index contributed by atoms with van der Waals surface area (Å²) in [4.78, 5) is 0. The zero-order valence-corrected chi connectivity index (χ0v) is 14.0. The average Bonchev–Trinajstić information content (AvgIpc) is 3.02. The summed E-state index contributed by atoms with van der Waals surface area (Å²) in [5.74, 6) is -0.388. The quantitative estimate of drug-likeness (QED) is 0.687. The number of benzene rings is 1. The summed E-state index contributed by atoms with van der Waals surface area (Å²) in [6, 6.07) is 4.35. The Morgan fingerprint density at radius 1 is 1.00 bits per heavy atom. The van der Waals surface area contributed by atoms with Crippen molar-refractivity contribution in [2.24, 2.45) is 0 Å². The smallest absolute Gasteiger partial charge is 0.455 e. The van der Waals surface area contributed by atoms with E-state index in [1.54, 1.807) is 6.07 Å². The third-order valence-electron chi connectivity index (χ3n) is 3.06. The Hall–Kier alpha value is -1.41. The Kier molecular flexibility index (Phi) is 5.96. The molecule has 0 unspecified atom stereocenters. The van der Waals surface area contributed by atoms with Crippen molar-refractivity contribution in [2.45, 2.75) is 27.1 Å². The zero-order chi connectivity index (χ0) is 16.0. The maximum Gasteiger partial charge on any atom is 0.537 e. The van der Waals surface area contributed by atoms with Gasteiger partial charge in [-0.05, 0) is 39.0 Å². The first-order valence-corrected chi connectivity index (χ1v) is 9.07. The number of hydrogen-bond donors (Lipinski definition) is 0. The van der Waals surface area contributed by atoms with E-state index < -0.39 is 15.1 Å². The number of ether oxygens (including phenoxy) is 2. The van der Waals surface area contributed by atoms with Crippen LogP contribution in [0, 0.1) is 5.82 Å². The predicted octanol–water partition coefficient (Wildman–Crippen LogP) is 2.60. The summed E-state index contributed by atoms with van der Waals surface area (Å²) >= 11 is 0. The van der Waals surface area contributed by atoms with Crippen molar-refractivity contribution in [1.82, 2.24) is 0 Å². The van der Waals surface area contributed by atoms with Crippen molar-refractivity contribution in [1.29, 1.82) is 0 Å². The Bertz CT molecular complexity index is 498. The molecule has 0 saturated heterocycles. The molecule has 0 radical (unpaired) electrons. The second-order valence-electron chi connectivity index (χ2n) is 4.46. The molecule has 0 aliphatic carbocycles. The second kappa shape index (κ2) is 7.73. The van der Waals surface area contributed by atoms with Gasteiger partial charge in [0.1, 0.15) is 18.3 Å². The number of halogens is 1. The van der Waals surface area contributed by atoms with Crippen LogP contribution >= 0.6 is 0 Å². The van der Waals surface area contributed by atoms with E-state index >= 15 is 0 Å². The molecular formula is C15H21FO5Si. The van der Waals surface area contributed by atoms with Gasteiger partial charge >= 0.3 is 8.80 Å². The SMILES string of the molecule is CCO[Si](OCC)(OCC)c1cc(F)ccc1C1OC=CO1. The minimum Gasteiger partial charge on any atom is -0.455 e. The van der Waals surface area contributed by atoms with Gasteiger partial charge in [0, 0.05) is 30.6 Å². The molecule has 0 aromatic heterocycles. The molecule has 1 heterocycles. The molecule has 22 heavy (non-hydrogen) atoms. The normalized spacial score (nSPS) is 14.9. The lowest BCUT2D eigenvalue weighted by Crippen LogP contribution is -2.58. The molecule has 1 aliphatic rings. The molecule has 122 valence electrons. The monoisotopic (exact) mass is 328 g/mol. The van der Waals surface area contributed by atoms with Crippen LogP contribution in [0.15, 0.2) is 30.7 Å².